The Labute approximate surface area is 121 Å². The van der Waals surface area contributed by atoms with Crippen molar-refractivity contribution < 1.29 is 19.1 Å². The molecule has 0 saturated carbocycles. The number of rotatable bonds is 6. The third-order valence-corrected chi connectivity index (χ3v) is 3.78. The second kappa shape index (κ2) is 8.21. The minimum absolute atomic E-state index is 0.0365. The monoisotopic (exact) mass is 286 g/mol. The Bertz CT molecular complexity index is 327. The molecule has 1 amide bonds. The van der Waals surface area contributed by atoms with E-state index in [1.54, 1.807) is 14.0 Å². The van der Waals surface area contributed by atoms with Gasteiger partial charge in [0, 0.05) is 45.2 Å². The molecule has 1 aliphatic heterocycles. The van der Waals surface area contributed by atoms with Gasteiger partial charge in [-0.2, -0.15) is 0 Å². The van der Waals surface area contributed by atoms with Crippen LogP contribution in [0.1, 0.15) is 20.3 Å². The molecule has 1 fully saturated rings. The van der Waals surface area contributed by atoms with Gasteiger partial charge in [-0.15, -0.1) is 0 Å². The molecular formula is C14H26N2O4. The molecule has 116 valence electrons. The zero-order valence-corrected chi connectivity index (χ0v) is 12.9. The van der Waals surface area contributed by atoms with Gasteiger partial charge in [-0.1, -0.05) is 6.92 Å². The summed E-state index contributed by atoms with van der Waals surface area (Å²) in [6.45, 7) is 7.71. The van der Waals surface area contributed by atoms with E-state index in [0.717, 1.165) is 13.1 Å². The normalized spacial score (nSPS) is 19.5. The van der Waals surface area contributed by atoms with Crippen LogP contribution in [0.15, 0.2) is 0 Å². The highest BCUT2D eigenvalue weighted by atomic mass is 16.5. The van der Waals surface area contributed by atoms with E-state index in [1.807, 2.05) is 4.90 Å². The van der Waals surface area contributed by atoms with Crippen LogP contribution in [-0.4, -0.2) is 74.7 Å². The molecule has 6 heteroatoms. The summed E-state index contributed by atoms with van der Waals surface area (Å²) in [4.78, 5) is 27.6. The minimum Gasteiger partial charge on any atom is -0.469 e. The fraction of sp³-hybridized carbons (Fsp3) is 0.857. The summed E-state index contributed by atoms with van der Waals surface area (Å²) < 4.78 is 9.75. The van der Waals surface area contributed by atoms with Crippen molar-refractivity contribution in [2.45, 2.75) is 26.3 Å². The van der Waals surface area contributed by atoms with Crippen LogP contribution in [0.4, 0.5) is 0 Å². The second-order valence-corrected chi connectivity index (χ2v) is 5.35. The first-order valence-corrected chi connectivity index (χ1v) is 7.08. The number of carbonyl (C=O) groups is 2. The maximum absolute atomic E-state index is 12.2. The Morgan fingerprint density at radius 3 is 2.20 bits per heavy atom. The van der Waals surface area contributed by atoms with Crippen molar-refractivity contribution in [3.8, 4) is 0 Å². The van der Waals surface area contributed by atoms with Gasteiger partial charge in [0.2, 0.25) is 5.91 Å². The van der Waals surface area contributed by atoms with Gasteiger partial charge in [-0.05, 0) is 6.92 Å². The first kappa shape index (κ1) is 16.9. The molecule has 1 saturated heterocycles. The van der Waals surface area contributed by atoms with Gasteiger partial charge in [0.15, 0.2) is 0 Å². The van der Waals surface area contributed by atoms with Crippen LogP contribution >= 0.6 is 0 Å². The second-order valence-electron chi connectivity index (χ2n) is 5.35. The molecule has 0 aromatic carbocycles. The number of piperazine rings is 1. The van der Waals surface area contributed by atoms with Gasteiger partial charge in [0.05, 0.1) is 20.1 Å². The molecular weight excluding hydrogens is 260 g/mol. The highest BCUT2D eigenvalue weighted by molar-refractivity contribution is 5.83. The van der Waals surface area contributed by atoms with Gasteiger partial charge >= 0.3 is 5.97 Å². The predicted octanol–water partition coefficient (Wildman–Crippen LogP) is 0.365. The first-order valence-electron chi connectivity index (χ1n) is 7.08. The smallest absolute Gasteiger partial charge is 0.306 e. The van der Waals surface area contributed by atoms with Crippen molar-refractivity contribution in [3.05, 3.63) is 0 Å². The molecule has 0 bridgehead atoms. The summed E-state index contributed by atoms with van der Waals surface area (Å²) in [5, 5.41) is 0. The lowest BCUT2D eigenvalue weighted by molar-refractivity contribution is -0.147. The molecule has 6 nitrogen and oxygen atoms in total. The van der Waals surface area contributed by atoms with E-state index >= 15 is 0 Å². The maximum atomic E-state index is 12.2. The Balaban J connectivity index is 2.40. The summed E-state index contributed by atoms with van der Waals surface area (Å²) in [5.41, 5.74) is 0. The molecule has 0 aliphatic carbocycles. The average molecular weight is 286 g/mol. The van der Waals surface area contributed by atoms with E-state index in [9.17, 15) is 9.59 Å². The van der Waals surface area contributed by atoms with Gasteiger partial charge in [0.1, 0.15) is 0 Å². The molecule has 0 radical (unpaired) electrons. The molecule has 1 aliphatic rings. The van der Waals surface area contributed by atoms with Crippen molar-refractivity contribution in [1.82, 2.24) is 9.80 Å². The number of carbonyl (C=O) groups excluding carboxylic acids is 2. The van der Waals surface area contributed by atoms with Gasteiger partial charge in [-0.25, -0.2) is 0 Å². The first-order chi connectivity index (χ1) is 9.49. The topological polar surface area (TPSA) is 59.1 Å². The van der Waals surface area contributed by atoms with Crippen molar-refractivity contribution >= 4 is 11.9 Å². The molecule has 0 aromatic rings. The number of hydrogen-bond acceptors (Lipinski definition) is 5. The fourth-order valence-electron chi connectivity index (χ4n) is 2.46. The number of ether oxygens (including phenoxy) is 2. The zero-order chi connectivity index (χ0) is 15.1. The van der Waals surface area contributed by atoms with Crippen LogP contribution in [0.5, 0.6) is 0 Å². The van der Waals surface area contributed by atoms with E-state index in [-0.39, 0.29) is 24.2 Å². The van der Waals surface area contributed by atoms with E-state index < -0.39 is 0 Å². The van der Waals surface area contributed by atoms with Crippen molar-refractivity contribution in [2.24, 2.45) is 5.92 Å². The largest absolute Gasteiger partial charge is 0.469 e. The molecule has 1 heterocycles. The SMILES string of the molecule is COC[C@@H](C)N1CCN(C(=O)[C@@H](C)CC(=O)OC)CC1. The molecule has 20 heavy (non-hydrogen) atoms. The molecule has 0 unspecified atom stereocenters. The fourth-order valence-corrected chi connectivity index (χ4v) is 2.46. The summed E-state index contributed by atoms with van der Waals surface area (Å²) in [6, 6.07) is 0.366. The molecule has 0 N–H and O–H groups in total. The van der Waals surface area contributed by atoms with Gasteiger partial charge < -0.3 is 14.4 Å². The van der Waals surface area contributed by atoms with Crippen LogP contribution in [0.25, 0.3) is 0 Å². The Morgan fingerprint density at radius 1 is 1.10 bits per heavy atom. The Kier molecular flexibility index (Phi) is 6.95. The lowest BCUT2D eigenvalue weighted by atomic mass is 10.1. The van der Waals surface area contributed by atoms with E-state index in [0.29, 0.717) is 25.7 Å². The lowest BCUT2D eigenvalue weighted by Crippen LogP contribution is -2.53. The third kappa shape index (κ3) is 4.76. The molecule has 1 rings (SSSR count). The highest BCUT2D eigenvalue weighted by Gasteiger charge is 2.27. The van der Waals surface area contributed by atoms with Crippen LogP contribution in [0.2, 0.25) is 0 Å². The molecule has 2 atom stereocenters. The molecule has 0 spiro atoms. The van der Waals surface area contributed by atoms with E-state index in [2.05, 4.69) is 16.6 Å². The maximum Gasteiger partial charge on any atom is 0.306 e. The van der Waals surface area contributed by atoms with Gasteiger partial charge in [-0.3, -0.25) is 14.5 Å². The number of amides is 1. The minimum atomic E-state index is -0.335. The van der Waals surface area contributed by atoms with Crippen molar-refractivity contribution in [3.63, 3.8) is 0 Å². The Hall–Kier alpha value is -1.14. The van der Waals surface area contributed by atoms with E-state index in [4.69, 9.17) is 4.74 Å². The van der Waals surface area contributed by atoms with Crippen LogP contribution in [0, 0.1) is 5.92 Å². The van der Waals surface area contributed by atoms with Crippen molar-refractivity contribution in [1.29, 1.82) is 0 Å². The number of methoxy groups -OCH3 is 2. The summed E-state index contributed by atoms with van der Waals surface area (Å²) in [5.74, 6) is -0.613. The predicted molar refractivity (Wildman–Crippen MR) is 75.3 cm³/mol. The summed E-state index contributed by atoms with van der Waals surface area (Å²) in [6.07, 6.45) is 0.148. The quantitative estimate of drug-likeness (QED) is 0.660. The van der Waals surface area contributed by atoms with E-state index in [1.165, 1.54) is 7.11 Å². The Morgan fingerprint density at radius 2 is 1.70 bits per heavy atom. The number of nitrogens with zero attached hydrogens (tertiary/aromatic N) is 2. The third-order valence-electron chi connectivity index (χ3n) is 3.78. The summed E-state index contributed by atoms with van der Waals surface area (Å²) in [7, 11) is 3.04. The zero-order valence-electron chi connectivity index (χ0n) is 12.9. The number of esters is 1. The number of hydrogen-bond donors (Lipinski definition) is 0. The summed E-state index contributed by atoms with van der Waals surface area (Å²) >= 11 is 0. The van der Waals surface area contributed by atoms with Crippen LogP contribution in [0.3, 0.4) is 0 Å². The van der Waals surface area contributed by atoms with Crippen LogP contribution < -0.4 is 0 Å². The highest BCUT2D eigenvalue weighted by Crippen LogP contribution is 2.12. The van der Waals surface area contributed by atoms with Crippen molar-refractivity contribution in [2.75, 3.05) is 47.0 Å². The average Bonchev–Trinajstić information content (AvgIpc) is 2.46. The van der Waals surface area contributed by atoms with Gasteiger partial charge in [0.25, 0.3) is 0 Å². The standard InChI is InChI=1S/C14H26N2O4/c1-11(9-13(17)20-4)14(18)16-7-5-15(6-8-16)12(2)10-19-3/h11-12H,5-10H2,1-4H3/t11-,12+/m0/s1. The molecule has 0 aromatic heterocycles. The van der Waals surface area contributed by atoms with Crippen LogP contribution in [-0.2, 0) is 19.1 Å². The lowest BCUT2D eigenvalue weighted by Gasteiger charge is -2.38.